The molecule has 2 rings (SSSR count). The minimum atomic E-state index is 0.780. The summed E-state index contributed by atoms with van der Waals surface area (Å²) in [6.07, 6.45) is 1.73. The summed E-state index contributed by atoms with van der Waals surface area (Å²) in [6, 6.07) is 6.60. The molecule has 0 saturated heterocycles. The summed E-state index contributed by atoms with van der Waals surface area (Å²) in [7, 11) is 1.92. The van der Waals surface area contributed by atoms with Gasteiger partial charge in [0.2, 0.25) is 0 Å². The molecule has 20 heavy (non-hydrogen) atoms. The average Bonchev–Trinajstić information content (AvgIpc) is 2.36. The monoisotopic (exact) mass is 269 g/mol. The molecule has 0 fully saturated rings. The van der Waals surface area contributed by atoms with Gasteiger partial charge < -0.3 is 5.32 Å². The van der Waals surface area contributed by atoms with Crippen molar-refractivity contribution < 1.29 is 0 Å². The second-order valence-electron chi connectivity index (χ2n) is 5.33. The van der Waals surface area contributed by atoms with Gasteiger partial charge in [0, 0.05) is 24.7 Å². The Morgan fingerprint density at radius 1 is 1.00 bits per heavy atom. The van der Waals surface area contributed by atoms with Crippen LogP contribution in [-0.4, -0.2) is 17.0 Å². The van der Waals surface area contributed by atoms with E-state index in [0.717, 1.165) is 30.2 Å². The first kappa shape index (κ1) is 14.5. The minimum Gasteiger partial charge on any atom is -0.373 e. The molecule has 0 aliphatic carbocycles. The number of nitrogens with one attached hydrogen (secondary N) is 1. The molecule has 0 radical (unpaired) electrons. The van der Waals surface area contributed by atoms with Gasteiger partial charge in [0.25, 0.3) is 0 Å². The third-order valence-electron chi connectivity index (χ3n) is 3.49. The SMILES string of the molecule is CCc1c(C)nc(Cc2cc(C)cc(C)c2)nc1NC. The molecule has 2 aromatic rings. The maximum atomic E-state index is 4.66. The van der Waals surface area contributed by atoms with Gasteiger partial charge in [-0.3, -0.25) is 0 Å². The molecule has 1 heterocycles. The largest absolute Gasteiger partial charge is 0.373 e. The lowest BCUT2D eigenvalue weighted by Crippen LogP contribution is -2.07. The fourth-order valence-corrected chi connectivity index (χ4v) is 2.72. The lowest BCUT2D eigenvalue weighted by molar-refractivity contribution is 0.906. The zero-order valence-electron chi connectivity index (χ0n) is 13.0. The van der Waals surface area contributed by atoms with Crippen molar-refractivity contribution in [1.29, 1.82) is 0 Å². The highest BCUT2D eigenvalue weighted by Gasteiger charge is 2.09. The number of hydrogen-bond acceptors (Lipinski definition) is 3. The van der Waals surface area contributed by atoms with E-state index in [4.69, 9.17) is 0 Å². The normalized spacial score (nSPS) is 10.7. The maximum absolute atomic E-state index is 4.66. The Balaban J connectivity index is 2.36. The summed E-state index contributed by atoms with van der Waals surface area (Å²) in [5.74, 6) is 1.84. The Labute approximate surface area is 121 Å². The van der Waals surface area contributed by atoms with E-state index < -0.39 is 0 Å². The van der Waals surface area contributed by atoms with E-state index in [-0.39, 0.29) is 0 Å². The molecule has 1 aromatic heterocycles. The van der Waals surface area contributed by atoms with Crippen LogP contribution in [0.3, 0.4) is 0 Å². The molecule has 106 valence electrons. The minimum absolute atomic E-state index is 0.780. The van der Waals surface area contributed by atoms with Crippen molar-refractivity contribution in [3.8, 4) is 0 Å². The predicted molar refractivity (Wildman–Crippen MR) is 84.4 cm³/mol. The van der Waals surface area contributed by atoms with Crippen LogP contribution >= 0.6 is 0 Å². The highest BCUT2D eigenvalue weighted by atomic mass is 15.0. The molecule has 3 nitrogen and oxygen atoms in total. The molecular formula is C17H23N3. The van der Waals surface area contributed by atoms with Crippen molar-refractivity contribution in [3.05, 3.63) is 52.0 Å². The van der Waals surface area contributed by atoms with Crippen molar-refractivity contribution in [3.63, 3.8) is 0 Å². The molecule has 0 atom stereocenters. The number of benzene rings is 1. The molecule has 0 bridgehead atoms. The number of nitrogens with zero attached hydrogens (tertiary/aromatic N) is 2. The van der Waals surface area contributed by atoms with Gasteiger partial charge in [-0.15, -0.1) is 0 Å². The van der Waals surface area contributed by atoms with E-state index >= 15 is 0 Å². The van der Waals surface area contributed by atoms with Crippen LogP contribution in [0, 0.1) is 20.8 Å². The van der Waals surface area contributed by atoms with Crippen molar-refractivity contribution >= 4 is 5.82 Å². The fraction of sp³-hybridized carbons (Fsp3) is 0.412. The van der Waals surface area contributed by atoms with Crippen molar-refractivity contribution in [2.45, 2.75) is 40.5 Å². The van der Waals surface area contributed by atoms with Crippen LogP contribution in [0.2, 0.25) is 0 Å². The van der Waals surface area contributed by atoms with Gasteiger partial charge >= 0.3 is 0 Å². The van der Waals surface area contributed by atoms with E-state index in [1.807, 2.05) is 7.05 Å². The number of anilines is 1. The highest BCUT2D eigenvalue weighted by Crippen LogP contribution is 2.18. The lowest BCUT2D eigenvalue weighted by atomic mass is 10.0. The van der Waals surface area contributed by atoms with Gasteiger partial charge in [-0.2, -0.15) is 0 Å². The zero-order valence-corrected chi connectivity index (χ0v) is 13.0. The summed E-state index contributed by atoms with van der Waals surface area (Å²) in [5, 5.41) is 3.19. The molecule has 0 spiro atoms. The van der Waals surface area contributed by atoms with Crippen LogP contribution in [0.5, 0.6) is 0 Å². The van der Waals surface area contributed by atoms with Gasteiger partial charge in [-0.05, 0) is 32.8 Å². The Hall–Kier alpha value is -1.90. The van der Waals surface area contributed by atoms with Gasteiger partial charge in [-0.1, -0.05) is 36.2 Å². The van der Waals surface area contributed by atoms with Crippen LogP contribution in [0.1, 0.15) is 40.7 Å². The molecule has 0 aliphatic rings. The highest BCUT2D eigenvalue weighted by molar-refractivity contribution is 5.46. The van der Waals surface area contributed by atoms with E-state index in [1.54, 1.807) is 0 Å². The summed E-state index contributed by atoms with van der Waals surface area (Å²) < 4.78 is 0. The van der Waals surface area contributed by atoms with Gasteiger partial charge in [0.15, 0.2) is 0 Å². The molecule has 0 saturated carbocycles. The first-order chi connectivity index (χ1) is 9.53. The smallest absolute Gasteiger partial charge is 0.135 e. The van der Waals surface area contributed by atoms with E-state index in [0.29, 0.717) is 0 Å². The number of rotatable bonds is 4. The Kier molecular flexibility index (Phi) is 4.38. The molecule has 0 amide bonds. The Morgan fingerprint density at radius 3 is 2.20 bits per heavy atom. The number of aryl methyl sites for hydroxylation is 3. The van der Waals surface area contributed by atoms with Crippen molar-refractivity contribution in [2.75, 3.05) is 12.4 Å². The summed E-state index contributed by atoms with van der Waals surface area (Å²) >= 11 is 0. The van der Waals surface area contributed by atoms with Crippen LogP contribution in [0.25, 0.3) is 0 Å². The summed E-state index contributed by atoms with van der Waals surface area (Å²) in [6.45, 7) is 8.45. The van der Waals surface area contributed by atoms with E-state index in [1.165, 1.54) is 22.3 Å². The van der Waals surface area contributed by atoms with Crippen LogP contribution in [0.15, 0.2) is 18.2 Å². The number of aromatic nitrogens is 2. The molecule has 1 N–H and O–H groups in total. The average molecular weight is 269 g/mol. The Bertz CT molecular complexity index is 598. The van der Waals surface area contributed by atoms with Crippen LogP contribution in [0.4, 0.5) is 5.82 Å². The topological polar surface area (TPSA) is 37.8 Å². The van der Waals surface area contributed by atoms with E-state index in [2.05, 4.69) is 61.2 Å². The van der Waals surface area contributed by atoms with Gasteiger partial charge in [0.05, 0.1) is 0 Å². The molecule has 1 aromatic carbocycles. The first-order valence-corrected chi connectivity index (χ1v) is 7.14. The standard InChI is InChI=1S/C17H23N3/c1-6-15-13(4)19-16(20-17(15)18-5)10-14-8-11(2)7-12(3)9-14/h7-9H,6,10H2,1-5H3,(H,18,19,20). The first-order valence-electron chi connectivity index (χ1n) is 7.14. The fourth-order valence-electron chi connectivity index (χ4n) is 2.72. The van der Waals surface area contributed by atoms with Crippen molar-refractivity contribution in [2.24, 2.45) is 0 Å². The quantitative estimate of drug-likeness (QED) is 0.921. The lowest BCUT2D eigenvalue weighted by Gasteiger charge is -2.12. The summed E-state index contributed by atoms with van der Waals surface area (Å²) in [4.78, 5) is 9.31. The number of hydrogen-bond donors (Lipinski definition) is 1. The molecule has 0 aliphatic heterocycles. The third-order valence-corrected chi connectivity index (χ3v) is 3.49. The molecule has 0 unspecified atom stereocenters. The van der Waals surface area contributed by atoms with Crippen LogP contribution < -0.4 is 5.32 Å². The van der Waals surface area contributed by atoms with Crippen LogP contribution in [-0.2, 0) is 12.8 Å². The summed E-state index contributed by atoms with van der Waals surface area (Å²) in [5.41, 5.74) is 6.13. The predicted octanol–water partition coefficient (Wildman–Crippen LogP) is 3.60. The Morgan fingerprint density at radius 2 is 1.65 bits per heavy atom. The molecule has 3 heteroatoms. The third kappa shape index (κ3) is 3.16. The second-order valence-corrected chi connectivity index (χ2v) is 5.33. The molecular weight excluding hydrogens is 246 g/mol. The van der Waals surface area contributed by atoms with Gasteiger partial charge in [0.1, 0.15) is 11.6 Å². The van der Waals surface area contributed by atoms with Gasteiger partial charge in [-0.25, -0.2) is 9.97 Å². The second kappa shape index (κ2) is 6.04. The van der Waals surface area contributed by atoms with E-state index in [9.17, 15) is 0 Å². The zero-order chi connectivity index (χ0) is 14.7. The van der Waals surface area contributed by atoms with Crippen molar-refractivity contribution in [1.82, 2.24) is 9.97 Å². The maximum Gasteiger partial charge on any atom is 0.135 e.